The molecule has 0 aliphatic rings. The van der Waals surface area contributed by atoms with Crippen LogP contribution < -0.4 is 114 Å². The van der Waals surface area contributed by atoms with Gasteiger partial charge in [-0.3, -0.25) is 125 Å². The standard InChI is InChI=1S/C89H139N21O37S2/c1-42(2)35-56(104-77(134)49(19-25-66(116)117)95-73(130)46(92)17-24-65(114)115)83(140)99-48(18-23-63(93)112)76(133)109-61(40-71(126)127)88(145)110-62(41-72(128)129)87(144)106-58(37-44-13-15-45(111)16-14-44)84(141)100-52(22-28-69(122)123)79(136)108-60(39-70(124)125)86(143)102-54(30-34-149-6)81(138)101-53(29-33-148-5)80(137)98-50(20-26-67(118)119)75(132)97-51(21-27-68(120)121)78(135)107-59(38-64(94)113)85(142)105-57(36-43(3)4)82(139)96-47(11-7-9-31-90)74(131)103-55(89(146)147)12-8-10-32-91/h13-16,42-43,46-62,111H,7-12,17-41,90-92H2,1-6H3,(H2,93,112)(H2,94,113)(H,95,130)(H,96,139)(H,97,132)(H,98,137)(H,99,140)(H,100,141)(H,101,138)(H,102,143)(H,103,131)(H,104,134)(H,105,142)(H,106,144)(H,107,135)(H,108,136)(H,109,133)(H,110,145)(H,114,115)(H,116,117)(H,118,119)(H,120,121)(H,122,123)(H,124,125)(H,126,127)(H,128,129)(H,146,147)/t46-,47-,48-,49-,50-,51-,52-,53-,54-,55-,56-,57-,58-,59-,60-,61-,62-/m0/s1. The predicted molar refractivity (Wildman–Crippen MR) is 522 cm³/mol. The summed E-state index contributed by atoms with van der Waals surface area (Å²) in [5.41, 5.74) is 28.0. The number of hydrogen-bond donors (Lipinski definition) is 31. The first kappa shape index (κ1) is 132. The van der Waals surface area contributed by atoms with Gasteiger partial charge in [-0.1, -0.05) is 39.8 Å². The highest BCUT2D eigenvalue weighted by Crippen LogP contribution is 2.19. The number of carbonyl (C=O) groups is 27. The van der Waals surface area contributed by atoms with E-state index in [1.807, 2.05) is 10.6 Å². The summed E-state index contributed by atoms with van der Waals surface area (Å²) in [5.74, 6) is -39.8. The number of carbonyl (C=O) groups excluding carboxylic acids is 18. The first-order valence-corrected chi connectivity index (χ1v) is 50.0. The molecule has 1 rings (SSSR count). The van der Waals surface area contributed by atoms with Crippen molar-refractivity contribution in [1.29, 1.82) is 0 Å². The highest BCUT2D eigenvalue weighted by atomic mass is 32.2. The molecule has 1 aromatic rings. The van der Waals surface area contributed by atoms with Crippen LogP contribution in [0.5, 0.6) is 5.75 Å². The number of rotatable bonds is 79. The highest BCUT2D eigenvalue weighted by molar-refractivity contribution is 7.98. The minimum Gasteiger partial charge on any atom is -0.508 e. The molecule has 0 radical (unpaired) electrons. The number of primary amides is 2. The Morgan fingerprint density at radius 2 is 0.490 bits per heavy atom. The van der Waals surface area contributed by atoms with Gasteiger partial charge < -0.3 is 165 Å². The first-order valence-electron chi connectivity index (χ1n) is 47.2. The van der Waals surface area contributed by atoms with Crippen molar-refractivity contribution >= 4 is 184 Å². The Morgan fingerprint density at radius 3 is 0.758 bits per heavy atom. The van der Waals surface area contributed by atoms with E-state index in [0.717, 1.165) is 35.7 Å². The van der Waals surface area contributed by atoms with Crippen LogP contribution in [0.4, 0.5) is 0 Å². The Balaban J connectivity index is 3.96. The third-order valence-corrected chi connectivity index (χ3v) is 23.1. The Morgan fingerprint density at radius 1 is 0.262 bits per heavy atom. The van der Waals surface area contributed by atoms with Crippen LogP contribution in [0.15, 0.2) is 24.3 Å². The van der Waals surface area contributed by atoms with Crippen molar-refractivity contribution in [3.63, 3.8) is 0 Å². The second kappa shape index (κ2) is 70.2. The molecule has 834 valence electrons. The number of phenols is 1. The zero-order chi connectivity index (χ0) is 113. The van der Waals surface area contributed by atoms with Crippen molar-refractivity contribution < 1.29 is 181 Å². The number of carboxylic acid groups (broad SMARTS) is 9. The number of hydrogen-bond acceptors (Lipinski definition) is 33. The zero-order valence-corrected chi connectivity index (χ0v) is 84.5. The van der Waals surface area contributed by atoms with Crippen LogP contribution in [0.1, 0.15) is 200 Å². The van der Waals surface area contributed by atoms with Gasteiger partial charge in [-0.25, -0.2) is 4.79 Å². The molecule has 0 bridgehead atoms. The van der Waals surface area contributed by atoms with Gasteiger partial charge in [-0.15, -0.1) is 0 Å². The first-order chi connectivity index (χ1) is 69.8. The quantitative estimate of drug-likeness (QED) is 0.0269. The van der Waals surface area contributed by atoms with Crippen molar-refractivity contribution in [2.24, 2.45) is 40.5 Å². The molecule has 58 nitrogen and oxygen atoms in total. The van der Waals surface area contributed by atoms with E-state index in [1.54, 1.807) is 34.0 Å². The molecule has 0 fully saturated rings. The molecule has 1 aromatic carbocycles. The van der Waals surface area contributed by atoms with Crippen LogP contribution in [0.3, 0.4) is 0 Å². The summed E-state index contributed by atoms with van der Waals surface area (Å²) in [7, 11) is 0. The molecular weight excluding hydrogens is 2020 g/mol. The lowest BCUT2D eigenvalue weighted by atomic mass is 10.0. The average molecular weight is 2160 g/mol. The van der Waals surface area contributed by atoms with E-state index in [9.17, 15) is 175 Å². The molecule has 0 heterocycles. The fourth-order valence-corrected chi connectivity index (χ4v) is 15.0. The topological polar surface area (TPSA) is 986 Å². The predicted octanol–water partition coefficient (Wildman–Crippen LogP) is -8.15. The van der Waals surface area contributed by atoms with E-state index in [-0.39, 0.29) is 74.4 Å². The molecule has 0 saturated heterocycles. The zero-order valence-electron chi connectivity index (χ0n) is 82.9. The van der Waals surface area contributed by atoms with Crippen molar-refractivity contribution in [3.05, 3.63) is 29.8 Å². The third kappa shape index (κ3) is 55.6. The second-order valence-corrected chi connectivity index (χ2v) is 37.3. The number of nitrogens with one attached hydrogen (secondary N) is 16. The Bertz CT molecular complexity index is 4810. The Kier molecular flexibility index (Phi) is 62.3. The summed E-state index contributed by atoms with van der Waals surface area (Å²) in [6.07, 6.45) is -12.4. The van der Waals surface area contributed by atoms with Crippen LogP contribution in [-0.4, -0.2) is 351 Å². The molecular formula is C89H139N21O37S2. The van der Waals surface area contributed by atoms with E-state index < -0.39 is 390 Å². The molecule has 0 aliphatic heterocycles. The summed E-state index contributed by atoms with van der Waals surface area (Å²) in [4.78, 5) is 362. The summed E-state index contributed by atoms with van der Waals surface area (Å²) in [6, 6.07) is -28.1. The molecule has 18 amide bonds. The van der Waals surface area contributed by atoms with Crippen LogP contribution in [0, 0.1) is 11.8 Å². The van der Waals surface area contributed by atoms with E-state index in [1.165, 1.54) is 18.4 Å². The van der Waals surface area contributed by atoms with E-state index in [0.29, 0.717) is 19.3 Å². The van der Waals surface area contributed by atoms with Gasteiger partial charge in [0.2, 0.25) is 106 Å². The fourth-order valence-electron chi connectivity index (χ4n) is 14.0. The molecule has 0 spiro atoms. The van der Waals surface area contributed by atoms with Crippen molar-refractivity contribution in [3.8, 4) is 5.75 Å². The Labute approximate surface area is 862 Å². The number of phenolic OH excluding ortho intramolecular Hbond substituents is 1. The maximum absolute atomic E-state index is 14.8. The lowest BCUT2D eigenvalue weighted by molar-refractivity contribution is -0.143. The molecule has 0 aliphatic carbocycles. The van der Waals surface area contributed by atoms with E-state index >= 15 is 0 Å². The number of thioether (sulfide) groups is 2. The lowest BCUT2D eigenvalue weighted by Crippen LogP contribution is -2.61. The Hall–Kier alpha value is -14.7. The number of aromatic hydroxyl groups is 1. The SMILES string of the molecule is CSCC[C@H](NC(=O)[C@H](CCSC)NC(=O)[C@H](CC(=O)O)NC(=O)[C@H](CCC(=O)O)NC(=O)[C@H](Cc1ccc(O)cc1)NC(=O)[C@H](CC(=O)O)NC(=O)[C@H](CC(=O)O)NC(=O)[C@H](CCC(N)=O)NC(=O)[C@H](CC(C)C)NC(=O)[C@H](CCC(=O)O)NC(=O)[C@@H](N)CCC(=O)O)C(=O)N[C@@H](CCC(=O)O)C(=O)N[C@@H](CCC(=O)O)C(=O)N[C@@H](CC(N)=O)C(=O)N[C@@H](CC(C)C)C(=O)N[C@@H](CCCCN)C(=O)N[C@@H](CCCCN)C(=O)O. The summed E-state index contributed by atoms with van der Waals surface area (Å²) >= 11 is 2.15. The maximum atomic E-state index is 14.8. The number of benzene rings is 1. The summed E-state index contributed by atoms with van der Waals surface area (Å²) in [6.45, 7) is 6.75. The third-order valence-electron chi connectivity index (χ3n) is 21.8. The average Bonchev–Trinajstić information content (AvgIpc) is 0.852. The number of unbranched alkanes of at least 4 members (excludes halogenated alkanes) is 2. The van der Waals surface area contributed by atoms with Gasteiger partial charge in [-0.2, -0.15) is 23.5 Å². The molecule has 60 heteroatoms. The van der Waals surface area contributed by atoms with Crippen molar-refractivity contribution in [2.45, 2.75) is 304 Å². The van der Waals surface area contributed by atoms with Gasteiger partial charge in [0, 0.05) is 44.9 Å². The minimum absolute atomic E-state index is 0.00753. The summed E-state index contributed by atoms with van der Waals surface area (Å²) < 4.78 is 0. The molecule has 36 N–H and O–H groups in total. The van der Waals surface area contributed by atoms with Gasteiger partial charge in [0.05, 0.1) is 31.7 Å². The van der Waals surface area contributed by atoms with Gasteiger partial charge in [0.15, 0.2) is 0 Å². The molecule has 0 unspecified atom stereocenters. The largest absolute Gasteiger partial charge is 0.508 e. The molecule has 0 aromatic heterocycles. The molecule has 149 heavy (non-hydrogen) atoms. The van der Waals surface area contributed by atoms with Crippen LogP contribution in [0.25, 0.3) is 0 Å². The molecule has 0 saturated carbocycles. The van der Waals surface area contributed by atoms with Gasteiger partial charge >= 0.3 is 53.7 Å². The summed E-state index contributed by atoms with van der Waals surface area (Å²) in [5, 5.41) is 134. The highest BCUT2D eigenvalue weighted by Gasteiger charge is 2.42. The minimum atomic E-state index is -2.43. The second-order valence-electron chi connectivity index (χ2n) is 35.3. The van der Waals surface area contributed by atoms with Gasteiger partial charge in [0.25, 0.3) is 0 Å². The monoisotopic (exact) mass is 2160 g/mol. The number of amides is 18. The molecule has 17 atom stereocenters. The van der Waals surface area contributed by atoms with Crippen LogP contribution >= 0.6 is 23.5 Å². The van der Waals surface area contributed by atoms with Crippen LogP contribution in [-0.2, 0) is 136 Å². The lowest BCUT2D eigenvalue weighted by Gasteiger charge is -2.28. The normalized spacial score (nSPS) is 14.5. The fraction of sp³-hybridized carbons (Fsp3) is 0.629. The smallest absolute Gasteiger partial charge is 0.326 e. The van der Waals surface area contributed by atoms with E-state index in [2.05, 4.69) is 74.4 Å². The van der Waals surface area contributed by atoms with Crippen molar-refractivity contribution in [1.82, 2.24) is 85.1 Å². The van der Waals surface area contributed by atoms with Gasteiger partial charge in [-0.05, 0) is 169 Å². The maximum Gasteiger partial charge on any atom is 0.326 e. The number of nitrogens with two attached hydrogens (primary N) is 5. The number of aliphatic carboxylic acids is 9. The van der Waals surface area contributed by atoms with Crippen molar-refractivity contribution in [2.75, 3.05) is 37.1 Å². The van der Waals surface area contributed by atoms with Crippen LogP contribution in [0.2, 0.25) is 0 Å². The van der Waals surface area contributed by atoms with Gasteiger partial charge in [0.1, 0.15) is 102 Å². The van der Waals surface area contributed by atoms with E-state index in [4.69, 9.17) is 33.8 Å². The number of carboxylic acids is 9.